The van der Waals surface area contributed by atoms with Crippen LogP contribution in [0.5, 0.6) is 0 Å². The Bertz CT molecular complexity index is 1650. The van der Waals surface area contributed by atoms with E-state index in [9.17, 15) is 13.2 Å². The van der Waals surface area contributed by atoms with E-state index in [1.165, 1.54) is 13.1 Å². The molecule has 11 nitrogen and oxygen atoms in total. The third-order valence-electron chi connectivity index (χ3n) is 6.87. The standard InChI is InChI=1S/C27H32ClFN6O5S/c1-26(2,3)40-25(36)31-23-32-27(4,16-41(37,38)33(23)5)18-7-6-8-20(22(18)29)35-21-15-17(28)9-10-19(21)30-24(35)34-11-13-39-14-12-34/h6-10,15H,11-14,16H2,1-5H3,(H,31,32,36)/t27-/m0/s1. The third kappa shape index (κ3) is 5.70. The average molecular weight is 607 g/mol. The van der Waals surface area contributed by atoms with Crippen molar-refractivity contribution in [2.75, 3.05) is 44.0 Å². The van der Waals surface area contributed by atoms with Gasteiger partial charge in [0.05, 0.1) is 41.2 Å². The lowest BCUT2D eigenvalue weighted by atomic mass is 9.92. The highest BCUT2D eigenvalue weighted by atomic mass is 35.5. The molecule has 5 rings (SSSR count). The molecule has 0 saturated carbocycles. The van der Waals surface area contributed by atoms with E-state index in [1.54, 1.807) is 62.6 Å². The van der Waals surface area contributed by atoms with Crippen LogP contribution in [-0.2, 0) is 25.0 Å². The topological polar surface area (TPSA) is 118 Å². The summed E-state index contributed by atoms with van der Waals surface area (Å²) in [7, 11) is -2.73. The predicted molar refractivity (Wildman–Crippen MR) is 155 cm³/mol. The van der Waals surface area contributed by atoms with Crippen molar-refractivity contribution in [2.45, 2.75) is 38.8 Å². The number of aromatic nitrogens is 2. The van der Waals surface area contributed by atoms with Crippen LogP contribution in [0.2, 0.25) is 5.02 Å². The number of anilines is 1. The Morgan fingerprint density at radius 3 is 2.61 bits per heavy atom. The zero-order valence-electron chi connectivity index (χ0n) is 23.4. The van der Waals surface area contributed by atoms with Gasteiger partial charge in [-0.15, -0.1) is 4.99 Å². The lowest BCUT2D eigenvalue weighted by molar-refractivity contribution is 0.0602. The number of sulfonamides is 1. The van der Waals surface area contributed by atoms with Gasteiger partial charge in [-0.2, -0.15) is 0 Å². The monoisotopic (exact) mass is 606 g/mol. The van der Waals surface area contributed by atoms with Gasteiger partial charge in [-0.25, -0.2) is 26.9 Å². The highest BCUT2D eigenvalue weighted by molar-refractivity contribution is 7.89. The predicted octanol–water partition coefficient (Wildman–Crippen LogP) is 4.03. The van der Waals surface area contributed by atoms with Gasteiger partial charge in [0.25, 0.3) is 0 Å². The summed E-state index contributed by atoms with van der Waals surface area (Å²) in [4.78, 5) is 23.1. The molecule has 2 aliphatic heterocycles. The smallest absolute Gasteiger partial charge is 0.437 e. The molecule has 0 unspecified atom stereocenters. The maximum Gasteiger partial charge on any atom is 0.437 e. The number of nitrogens with zero attached hydrogens (tertiary/aromatic N) is 5. The highest BCUT2D eigenvalue weighted by Gasteiger charge is 2.44. The second-order valence-electron chi connectivity index (χ2n) is 11.2. The molecule has 1 amide bonds. The van der Waals surface area contributed by atoms with Gasteiger partial charge in [0.2, 0.25) is 21.9 Å². The van der Waals surface area contributed by atoms with Gasteiger partial charge in [-0.05, 0) is 52.0 Å². The van der Waals surface area contributed by atoms with Crippen molar-refractivity contribution < 1.29 is 27.1 Å². The van der Waals surface area contributed by atoms with Crippen LogP contribution >= 0.6 is 11.6 Å². The van der Waals surface area contributed by atoms with Crippen LogP contribution in [0, 0.1) is 5.82 Å². The molecule has 0 bridgehead atoms. The number of ether oxygens (including phenoxy) is 2. The molecule has 2 aromatic carbocycles. The second kappa shape index (κ2) is 10.4. The summed E-state index contributed by atoms with van der Waals surface area (Å²) in [6, 6.07) is 9.97. The Kier molecular flexibility index (Phi) is 7.41. The van der Waals surface area contributed by atoms with E-state index in [2.05, 4.69) is 10.3 Å². The van der Waals surface area contributed by atoms with Gasteiger partial charge < -0.3 is 19.7 Å². The summed E-state index contributed by atoms with van der Waals surface area (Å²) in [6.07, 6.45) is -0.975. The fraction of sp³-hybridized carbons (Fsp3) is 0.444. The number of aliphatic imine (C=N–C) groups is 1. The van der Waals surface area contributed by atoms with Crippen LogP contribution in [-0.4, -0.2) is 79.0 Å². The minimum absolute atomic E-state index is 0.0698. The van der Waals surface area contributed by atoms with E-state index in [0.717, 1.165) is 4.31 Å². The van der Waals surface area contributed by atoms with Gasteiger partial charge >= 0.3 is 6.09 Å². The molecule has 0 radical (unpaired) electrons. The molecular formula is C27H32ClFN6O5S. The molecule has 2 saturated heterocycles. The normalized spacial score (nSPS) is 22.2. The molecule has 2 fully saturated rings. The summed E-state index contributed by atoms with van der Waals surface area (Å²) in [5.41, 5.74) is -0.875. The van der Waals surface area contributed by atoms with Crippen LogP contribution < -0.4 is 10.2 Å². The van der Waals surface area contributed by atoms with Crippen LogP contribution in [0.25, 0.3) is 16.7 Å². The molecule has 0 aliphatic carbocycles. The highest BCUT2D eigenvalue weighted by Crippen LogP contribution is 2.36. The molecule has 41 heavy (non-hydrogen) atoms. The average Bonchev–Trinajstić information content (AvgIpc) is 3.24. The summed E-state index contributed by atoms with van der Waals surface area (Å²) in [5, 5.41) is 3.45. The summed E-state index contributed by atoms with van der Waals surface area (Å²) in [5.74, 6) is -0.904. The van der Waals surface area contributed by atoms with Gasteiger partial charge in [-0.1, -0.05) is 23.7 Å². The van der Waals surface area contributed by atoms with Crippen molar-refractivity contribution in [3.63, 3.8) is 0 Å². The zero-order chi connectivity index (χ0) is 29.7. The number of fused-ring (bicyclic) bond motifs is 1. The Labute approximate surface area is 242 Å². The summed E-state index contributed by atoms with van der Waals surface area (Å²) < 4.78 is 56.5. The first-order chi connectivity index (χ1) is 19.2. The number of morpholine rings is 1. The van der Waals surface area contributed by atoms with Crippen LogP contribution in [0.15, 0.2) is 41.4 Å². The molecule has 1 atom stereocenters. The van der Waals surface area contributed by atoms with Crippen LogP contribution in [0.4, 0.5) is 15.1 Å². The number of benzene rings is 2. The number of carbonyl (C=O) groups is 1. The number of nitrogens with one attached hydrogen (secondary N) is 1. The van der Waals surface area contributed by atoms with Crippen molar-refractivity contribution in [3.05, 3.63) is 52.8 Å². The van der Waals surface area contributed by atoms with Crippen molar-refractivity contribution in [1.82, 2.24) is 19.2 Å². The van der Waals surface area contributed by atoms with Gasteiger partial charge in [0, 0.05) is 30.7 Å². The molecule has 1 N–H and O–H groups in total. The number of guanidine groups is 1. The van der Waals surface area contributed by atoms with E-state index in [1.807, 2.05) is 4.90 Å². The van der Waals surface area contributed by atoms with E-state index in [4.69, 9.17) is 26.1 Å². The Morgan fingerprint density at radius 2 is 1.93 bits per heavy atom. The fourth-order valence-corrected chi connectivity index (χ4v) is 6.60. The first-order valence-corrected chi connectivity index (χ1v) is 15.0. The molecule has 3 heterocycles. The van der Waals surface area contributed by atoms with Crippen molar-refractivity contribution in [1.29, 1.82) is 0 Å². The van der Waals surface area contributed by atoms with Gasteiger partial charge in [-0.3, -0.25) is 4.57 Å². The molecule has 1 aromatic heterocycles. The van der Waals surface area contributed by atoms with E-state index in [0.29, 0.717) is 48.3 Å². The number of hydrogen-bond donors (Lipinski definition) is 1. The van der Waals surface area contributed by atoms with Crippen molar-refractivity contribution >= 4 is 50.7 Å². The molecule has 3 aromatic rings. The van der Waals surface area contributed by atoms with Crippen LogP contribution in [0.1, 0.15) is 33.3 Å². The Balaban J connectivity index is 1.64. The number of carbonyl (C=O) groups excluding carboxylic acids is 1. The molecule has 0 spiro atoms. The van der Waals surface area contributed by atoms with Crippen molar-refractivity contribution in [2.24, 2.45) is 4.99 Å². The number of rotatable bonds is 3. The van der Waals surface area contributed by atoms with Gasteiger partial charge in [0.15, 0.2) is 5.82 Å². The number of hydrogen-bond acceptors (Lipinski definition) is 7. The minimum Gasteiger partial charge on any atom is -0.442 e. The van der Waals surface area contributed by atoms with E-state index < -0.39 is 38.8 Å². The maximum atomic E-state index is 16.7. The fourth-order valence-electron chi connectivity index (χ4n) is 4.94. The summed E-state index contributed by atoms with van der Waals surface area (Å²) in [6.45, 7) is 8.68. The Morgan fingerprint density at radius 1 is 1.22 bits per heavy atom. The molecule has 2 aliphatic rings. The quantitative estimate of drug-likeness (QED) is 0.475. The van der Waals surface area contributed by atoms with E-state index in [-0.39, 0.29) is 17.2 Å². The SMILES string of the molecule is CN1/C(=N/C(=O)OC(C)(C)C)N[C@](C)(c2cccc(-n3c(N4CCOCC4)nc4ccc(Cl)cc43)c2F)CS1(=O)=O. The largest absolute Gasteiger partial charge is 0.442 e. The van der Waals surface area contributed by atoms with E-state index >= 15 is 4.39 Å². The number of halogens is 2. The lowest BCUT2D eigenvalue weighted by Crippen LogP contribution is -2.61. The lowest BCUT2D eigenvalue weighted by Gasteiger charge is -2.40. The minimum atomic E-state index is -4.00. The number of amides is 1. The van der Waals surface area contributed by atoms with Crippen molar-refractivity contribution in [3.8, 4) is 5.69 Å². The molecule has 220 valence electrons. The number of imidazole rings is 1. The Hall–Kier alpha value is -3.42. The third-order valence-corrected chi connectivity index (χ3v) is 9.06. The first-order valence-electron chi connectivity index (χ1n) is 13.1. The van der Waals surface area contributed by atoms with Gasteiger partial charge in [0.1, 0.15) is 5.60 Å². The van der Waals surface area contributed by atoms with Crippen LogP contribution in [0.3, 0.4) is 0 Å². The second-order valence-corrected chi connectivity index (χ2v) is 13.7. The zero-order valence-corrected chi connectivity index (χ0v) is 25.0. The first kappa shape index (κ1) is 29.1. The molecular weight excluding hydrogens is 575 g/mol. The maximum absolute atomic E-state index is 16.7. The molecule has 14 heteroatoms. The summed E-state index contributed by atoms with van der Waals surface area (Å²) >= 11 is 6.33.